The van der Waals surface area contributed by atoms with Crippen molar-refractivity contribution in [3.63, 3.8) is 0 Å². The molecule has 3 nitrogen and oxygen atoms in total. The van der Waals surface area contributed by atoms with E-state index in [0.29, 0.717) is 19.6 Å². The molecule has 1 aliphatic rings. The highest BCUT2D eigenvalue weighted by molar-refractivity contribution is 7.16. The molecule has 1 aromatic heterocycles. The summed E-state index contributed by atoms with van der Waals surface area (Å²) in [6, 6.07) is 3.83. The van der Waals surface area contributed by atoms with Crippen LogP contribution in [-0.4, -0.2) is 30.4 Å². The van der Waals surface area contributed by atoms with Crippen LogP contribution in [0, 0.1) is 5.92 Å². The van der Waals surface area contributed by atoms with E-state index in [0.717, 1.165) is 21.7 Å². The zero-order chi connectivity index (χ0) is 13.7. The molecule has 0 atom stereocenters. The molecule has 1 saturated carbocycles. The van der Waals surface area contributed by atoms with Crippen LogP contribution < -0.4 is 5.32 Å². The van der Waals surface area contributed by atoms with Gasteiger partial charge in [0.25, 0.3) is 0 Å². The van der Waals surface area contributed by atoms with Crippen molar-refractivity contribution in [1.82, 2.24) is 10.2 Å². The lowest BCUT2D eigenvalue weighted by atomic mass is 10.3. The molecule has 1 heterocycles. The number of nitrogens with zero attached hydrogens (tertiary/aromatic N) is 1. The molecule has 1 fully saturated rings. The number of rotatable bonds is 8. The Hall–Kier alpha value is -0.550. The molecule has 0 radical (unpaired) electrons. The number of nitrogens with one attached hydrogen (secondary N) is 1. The van der Waals surface area contributed by atoms with E-state index in [1.807, 2.05) is 12.1 Å². The maximum atomic E-state index is 12.1. The van der Waals surface area contributed by atoms with Crippen molar-refractivity contribution in [2.45, 2.75) is 19.4 Å². The van der Waals surface area contributed by atoms with Gasteiger partial charge in [-0.25, -0.2) is 0 Å². The van der Waals surface area contributed by atoms with Crippen LogP contribution in [0.15, 0.2) is 24.8 Å². The molecule has 2 rings (SSSR count). The number of carbonyl (C=O) groups excluding carboxylic acids is 1. The molecule has 0 spiro atoms. The molecule has 1 aliphatic carbocycles. The van der Waals surface area contributed by atoms with Gasteiger partial charge >= 0.3 is 0 Å². The smallest absolute Gasteiger partial charge is 0.237 e. The van der Waals surface area contributed by atoms with Crippen LogP contribution in [0.3, 0.4) is 0 Å². The monoisotopic (exact) mass is 334 g/mol. The van der Waals surface area contributed by atoms with Crippen molar-refractivity contribution >= 4 is 41.3 Å². The van der Waals surface area contributed by atoms with Gasteiger partial charge in [-0.15, -0.1) is 30.3 Å². The van der Waals surface area contributed by atoms with Crippen LogP contribution in [-0.2, 0) is 11.3 Å². The summed E-state index contributed by atoms with van der Waals surface area (Å²) in [6.45, 7) is 6.25. The Kier molecular flexibility index (Phi) is 7.59. The van der Waals surface area contributed by atoms with Gasteiger partial charge in [0.1, 0.15) is 0 Å². The lowest BCUT2D eigenvalue weighted by molar-refractivity contribution is -0.130. The molecule has 1 amide bonds. The zero-order valence-electron chi connectivity index (χ0n) is 11.3. The van der Waals surface area contributed by atoms with Crippen molar-refractivity contribution in [2.24, 2.45) is 5.92 Å². The molecule has 0 unspecified atom stereocenters. The number of thiophene rings is 1. The molecule has 1 N–H and O–H groups in total. The van der Waals surface area contributed by atoms with Crippen molar-refractivity contribution in [2.75, 3.05) is 19.6 Å². The molecular weight excluding hydrogens is 315 g/mol. The summed E-state index contributed by atoms with van der Waals surface area (Å²) < 4.78 is 0.757. The Balaban J connectivity index is 0.00000200. The van der Waals surface area contributed by atoms with Crippen LogP contribution in [0.1, 0.15) is 17.7 Å². The predicted octanol–water partition coefficient (Wildman–Crippen LogP) is 3.34. The molecule has 0 saturated heterocycles. The third-order valence-corrected chi connectivity index (χ3v) is 4.30. The first-order valence-corrected chi connectivity index (χ1v) is 7.72. The SMILES string of the molecule is C=CCN(Cc1ccc(Cl)s1)C(=O)CNCC1CC1.Cl. The van der Waals surface area contributed by atoms with Gasteiger partial charge < -0.3 is 10.2 Å². The summed E-state index contributed by atoms with van der Waals surface area (Å²) in [5.74, 6) is 0.904. The summed E-state index contributed by atoms with van der Waals surface area (Å²) in [5.41, 5.74) is 0. The van der Waals surface area contributed by atoms with E-state index in [1.165, 1.54) is 24.2 Å². The Morgan fingerprint density at radius 3 is 2.85 bits per heavy atom. The van der Waals surface area contributed by atoms with E-state index in [4.69, 9.17) is 11.6 Å². The van der Waals surface area contributed by atoms with Crippen molar-refractivity contribution in [3.05, 3.63) is 34.0 Å². The van der Waals surface area contributed by atoms with E-state index < -0.39 is 0 Å². The quantitative estimate of drug-likeness (QED) is 0.739. The first-order valence-electron chi connectivity index (χ1n) is 6.52. The number of amides is 1. The summed E-state index contributed by atoms with van der Waals surface area (Å²) in [5, 5.41) is 3.23. The number of carbonyl (C=O) groups is 1. The fourth-order valence-corrected chi connectivity index (χ4v) is 2.96. The van der Waals surface area contributed by atoms with Crippen molar-refractivity contribution in [3.8, 4) is 0 Å². The van der Waals surface area contributed by atoms with Gasteiger partial charge in [-0.1, -0.05) is 17.7 Å². The molecule has 0 bridgehead atoms. The molecule has 20 heavy (non-hydrogen) atoms. The number of hydrogen-bond acceptors (Lipinski definition) is 3. The Labute approximate surface area is 135 Å². The predicted molar refractivity (Wildman–Crippen MR) is 87.8 cm³/mol. The highest BCUT2D eigenvalue weighted by Gasteiger charge is 2.21. The lowest BCUT2D eigenvalue weighted by Crippen LogP contribution is -2.38. The third-order valence-electron chi connectivity index (χ3n) is 3.08. The lowest BCUT2D eigenvalue weighted by Gasteiger charge is -2.20. The van der Waals surface area contributed by atoms with E-state index in [2.05, 4.69) is 11.9 Å². The summed E-state index contributed by atoms with van der Waals surface area (Å²) in [4.78, 5) is 15.0. The van der Waals surface area contributed by atoms with E-state index in [9.17, 15) is 4.79 Å². The Morgan fingerprint density at radius 1 is 1.55 bits per heavy atom. The highest BCUT2D eigenvalue weighted by Crippen LogP contribution is 2.27. The van der Waals surface area contributed by atoms with Crippen LogP contribution >= 0.6 is 35.3 Å². The van der Waals surface area contributed by atoms with Crippen LogP contribution in [0.4, 0.5) is 0 Å². The van der Waals surface area contributed by atoms with E-state index in [-0.39, 0.29) is 18.3 Å². The Morgan fingerprint density at radius 2 is 2.30 bits per heavy atom. The zero-order valence-corrected chi connectivity index (χ0v) is 13.7. The minimum absolute atomic E-state index is 0. The largest absolute Gasteiger partial charge is 0.333 e. The first kappa shape index (κ1) is 17.5. The van der Waals surface area contributed by atoms with Gasteiger partial charge in [0.15, 0.2) is 0 Å². The second-order valence-corrected chi connectivity index (χ2v) is 6.64. The normalized spacial score (nSPS) is 13.7. The van der Waals surface area contributed by atoms with Crippen molar-refractivity contribution in [1.29, 1.82) is 0 Å². The maximum Gasteiger partial charge on any atom is 0.237 e. The fraction of sp³-hybridized carbons (Fsp3) is 0.500. The van der Waals surface area contributed by atoms with Crippen molar-refractivity contribution < 1.29 is 4.79 Å². The summed E-state index contributed by atoms with van der Waals surface area (Å²) >= 11 is 7.42. The third kappa shape index (κ3) is 5.83. The van der Waals surface area contributed by atoms with Gasteiger partial charge in [0, 0.05) is 11.4 Å². The fourth-order valence-electron chi connectivity index (χ4n) is 1.85. The minimum Gasteiger partial charge on any atom is -0.333 e. The first-order chi connectivity index (χ1) is 9.19. The van der Waals surface area contributed by atoms with E-state index >= 15 is 0 Å². The second kappa shape index (κ2) is 8.67. The average Bonchev–Trinajstić information content (AvgIpc) is 3.11. The molecule has 0 aliphatic heterocycles. The Bertz CT molecular complexity index is 446. The topological polar surface area (TPSA) is 32.3 Å². The standard InChI is InChI=1S/C14H19ClN2OS.ClH/c1-2-7-17(10-12-5-6-13(15)19-12)14(18)9-16-8-11-3-4-11;/h2,5-6,11,16H,1,3-4,7-10H2;1H. The van der Waals surface area contributed by atoms with Crippen LogP contribution in [0.25, 0.3) is 0 Å². The highest BCUT2D eigenvalue weighted by atomic mass is 35.5. The number of halogens is 2. The maximum absolute atomic E-state index is 12.1. The number of hydrogen-bond donors (Lipinski definition) is 1. The summed E-state index contributed by atoms with van der Waals surface area (Å²) in [6.07, 6.45) is 4.35. The van der Waals surface area contributed by atoms with Gasteiger partial charge in [-0.2, -0.15) is 0 Å². The molecule has 1 aromatic rings. The van der Waals surface area contributed by atoms with Gasteiger partial charge in [-0.05, 0) is 37.4 Å². The van der Waals surface area contributed by atoms with Crippen LogP contribution in [0.2, 0.25) is 4.34 Å². The van der Waals surface area contributed by atoms with Gasteiger partial charge in [0.05, 0.1) is 17.4 Å². The minimum atomic E-state index is 0. The van der Waals surface area contributed by atoms with Gasteiger partial charge in [-0.3, -0.25) is 4.79 Å². The van der Waals surface area contributed by atoms with E-state index in [1.54, 1.807) is 11.0 Å². The molecule has 0 aromatic carbocycles. The summed E-state index contributed by atoms with van der Waals surface area (Å²) in [7, 11) is 0. The molecule has 6 heteroatoms. The molecular formula is C14H20Cl2N2OS. The van der Waals surface area contributed by atoms with Crippen LogP contribution in [0.5, 0.6) is 0 Å². The average molecular weight is 335 g/mol. The molecule has 112 valence electrons. The second-order valence-electron chi connectivity index (χ2n) is 4.84. The van der Waals surface area contributed by atoms with Gasteiger partial charge in [0.2, 0.25) is 5.91 Å².